The molecule has 0 aliphatic carbocycles. The number of hydrazone groups is 1. The SMILES string of the molecule is COc1cc(/C=N/NC(=O)CSc2[nH]c3ccccc3[n+]2Cc2ccccc2)cc(OC)c1[O-]. The molecule has 0 aliphatic rings. The third-order valence-corrected chi connectivity index (χ3v) is 6.09. The molecule has 0 bridgehead atoms. The van der Waals surface area contributed by atoms with E-state index in [1.165, 1.54) is 49.9 Å². The number of hydrogen-bond acceptors (Lipinski definition) is 6. The molecule has 2 N–H and O–H groups in total. The van der Waals surface area contributed by atoms with Crippen LogP contribution in [0, 0.1) is 0 Å². The highest BCUT2D eigenvalue weighted by molar-refractivity contribution is 7.99. The first-order valence-electron chi connectivity index (χ1n) is 10.5. The fourth-order valence-corrected chi connectivity index (χ4v) is 4.30. The summed E-state index contributed by atoms with van der Waals surface area (Å²) in [6, 6.07) is 21.3. The number of hydrogen-bond donors (Lipinski definition) is 2. The lowest BCUT2D eigenvalue weighted by atomic mass is 10.2. The second-order valence-electron chi connectivity index (χ2n) is 7.36. The van der Waals surface area contributed by atoms with Crippen molar-refractivity contribution in [2.45, 2.75) is 11.7 Å². The van der Waals surface area contributed by atoms with Crippen molar-refractivity contribution >= 4 is 34.9 Å². The highest BCUT2D eigenvalue weighted by Gasteiger charge is 2.20. The number of nitrogens with zero attached hydrogens (tertiary/aromatic N) is 2. The summed E-state index contributed by atoms with van der Waals surface area (Å²) in [6.45, 7) is 0.687. The average molecular weight is 477 g/mol. The van der Waals surface area contributed by atoms with Crippen molar-refractivity contribution in [3.63, 3.8) is 0 Å². The summed E-state index contributed by atoms with van der Waals surface area (Å²) in [4.78, 5) is 15.8. The predicted octanol–water partition coefficient (Wildman–Crippen LogP) is 2.84. The summed E-state index contributed by atoms with van der Waals surface area (Å²) < 4.78 is 12.3. The molecule has 0 spiro atoms. The summed E-state index contributed by atoms with van der Waals surface area (Å²) in [5, 5.41) is 16.9. The van der Waals surface area contributed by atoms with Crippen LogP contribution in [0.4, 0.5) is 0 Å². The second-order valence-corrected chi connectivity index (χ2v) is 8.32. The van der Waals surface area contributed by atoms with Gasteiger partial charge in [-0.05, 0) is 47.3 Å². The lowest BCUT2D eigenvalue weighted by Crippen LogP contribution is -2.36. The number of imidazole rings is 1. The van der Waals surface area contributed by atoms with Gasteiger partial charge in [0.1, 0.15) is 18.0 Å². The zero-order valence-electron chi connectivity index (χ0n) is 18.8. The van der Waals surface area contributed by atoms with Crippen LogP contribution in [0.3, 0.4) is 0 Å². The van der Waals surface area contributed by atoms with E-state index in [2.05, 4.69) is 38.3 Å². The predicted molar refractivity (Wildman–Crippen MR) is 129 cm³/mol. The molecule has 1 aromatic heterocycles. The van der Waals surface area contributed by atoms with Crippen LogP contribution >= 0.6 is 11.8 Å². The number of thioether (sulfide) groups is 1. The monoisotopic (exact) mass is 476 g/mol. The van der Waals surface area contributed by atoms with Gasteiger partial charge in [0.05, 0.1) is 26.2 Å². The Morgan fingerprint density at radius 3 is 2.47 bits per heavy atom. The number of amides is 1. The van der Waals surface area contributed by atoms with E-state index >= 15 is 0 Å². The normalized spacial score (nSPS) is 11.1. The van der Waals surface area contributed by atoms with Crippen molar-refractivity contribution < 1.29 is 23.9 Å². The summed E-state index contributed by atoms with van der Waals surface area (Å²) >= 11 is 1.40. The molecule has 0 saturated carbocycles. The van der Waals surface area contributed by atoms with E-state index in [0.717, 1.165) is 16.2 Å². The maximum atomic E-state index is 12.4. The Kier molecular flexibility index (Phi) is 7.34. The van der Waals surface area contributed by atoms with E-state index in [4.69, 9.17) is 9.47 Å². The summed E-state index contributed by atoms with van der Waals surface area (Å²) in [5.41, 5.74) is 6.33. The van der Waals surface area contributed by atoms with Gasteiger partial charge >= 0.3 is 5.16 Å². The molecule has 34 heavy (non-hydrogen) atoms. The summed E-state index contributed by atoms with van der Waals surface area (Å²) in [6.07, 6.45) is 1.44. The van der Waals surface area contributed by atoms with Crippen molar-refractivity contribution in [1.82, 2.24) is 10.4 Å². The van der Waals surface area contributed by atoms with E-state index in [1.807, 2.05) is 36.4 Å². The number of H-pyrrole nitrogens is 1. The Balaban J connectivity index is 1.43. The molecule has 9 heteroatoms. The van der Waals surface area contributed by atoms with Gasteiger partial charge in [-0.2, -0.15) is 5.10 Å². The molecule has 0 saturated heterocycles. The van der Waals surface area contributed by atoms with Crippen LogP contribution in [0.25, 0.3) is 11.0 Å². The van der Waals surface area contributed by atoms with Crippen LogP contribution in [0.2, 0.25) is 0 Å². The number of carbonyl (C=O) groups excluding carboxylic acids is 1. The fraction of sp³-hybridized carbons (Fsp3) is 0.160. The van der Waals surface area contributed by atoms with Crippen molar-refractivity contribution in [2.24, 2.45) is 5.10 Å². The molecule has 8 nitrogen and oxygen atoms in total. The summed E-state index contributed by atoms with van der Waals surface area (Å²) in [5.74, 6) is -0.144. The van der Waals surface area contributed by atoms with Crippen molar-refractivity contribution in [3.05, 3.63) is 77.9 Å². The first-order valence-corrected chi connectivity index (χ1v) is 11.5. The standard InChI is InChI=1S/C25H24N4O4S/c1-32-21-12-18(13-22(33-2)24(21)31)14-26-28-23(30)16-34-25-27-19-10-6-7-11-20(19)29(25)15-17-8-4-3-5-9-17/h3-14H,15-16H2,1-2H3,(H2,26,28,30,31). The van der Waals surface area contributed by atoms with Crippen LogP contribution in [0.5, 0.6) is 17.2 Å². The van der Waals surface area contributed by atoms with Gasteiger partial charge in [-0.25, -0.2) is 15.0 Å². The molecular weight excluding hydrogens is 452 g/mol. The molecule has 4 rings (SSSR count). The zero-order valence-corrected chi connectivity index (χ0v) is 19.6. The van der Waals surface area contributed by atoms with Gasteiger partial charge in [-0.3, -0.25) is 4.79 Å². The Morgan fingerprint density at radius 2 is 1.76 bits per heavy atom. The minimum absolute atomic E-state index is 0.143. The second kappa shape index (κ2) is 10.8. The minimum Gasteiger partial charge on any atom is -0.867 e. The number of fused-ring (bicyclic) bond motifs is 1. The molecule has 0 radical (unpaired) electrons. The van der Waals surface area contributed by atoms with Gasteiger partial charge in [0.15, 0.2) is 11.0 Å². The first kappa shape index (κ1) is 23.2. The lowest BCUT2D eigenvalue weighted by molar-refractivity contribution is -0.700. The van der Waals surface area contributed by atoms with E-state index in [9.17, 15) is 9.90 Å². The smallest absolute Gasteiger partial charge is 0.317 e. The van der Waals surface area contributed by atoms with E-state index < -0.39 is 0 Å². The summed E-state index contributed by atoms with van der Waals surface area (Å²) in [7, 11) is 2.81. The van der Waals surface area contributed by atoms with Crippen molar-refractivity contribution in [1.29, 1.82) is 0 Å². The maximum Gasteiger partial charge on any atom is 0.317 e. The highest BCUT2D eigenvalue weighted by atomic mass is 32.2. The van der Waals surface area contributed by atoms with Gasteiger partial charge in [-0.1, -0.05) is 42.5 Å². The zero-order chi connectivity index (χ0) is 23.9. The third-order valence-electron chi connectivity index (χ3n) is 5.09. The van der Waals surface area contributed by atoms with Crippen LogP contribution in [0.1, 0.15) is 11.1 Å². The Bertz CT molecular complexity index is 1300. The highest BCUT2D eigenvalue weighted by Crippen LogP contribution is 2.34. The maximum absolute atomic E-state index is 12.4. The van der Waals surface area contributed by atoms with Crippen molar-refractivity contribution in [3.8, 4) is 17.2 Å². The number of rotatable bonds is 9. The lowest BCUT2D eigenvalue weighted by Gasteiger charge is -2.17. The molecule has 4 aromatic rings. The Morgan fingerprint density at radius 1 is 1.09 bits per heavy atom. The quantitative estimate of drug-likeness (QED) is 0.167. The van der Waals surface area contributed by atoms with Gasteiger partial charge in [0.2, 0.25) is 0 Å². The van der Waals surface area contributed by atoms with Gasteiger partial charge in [0, 0.05) is 5.56 Å². The van der Waals surface area contributed by atoms with Gasteiger partial charge in [0.25, 0.3) is 5.91 Å². The van der Waals surface area contributed by atoms with Crippen molar-refractivity contribution in [2.75, 3.05) is 20.0 Å². The van der Waals surface area contributed by atoms with Crippen LogP contribution in [0.15, 0.2) is 77.0 Å². The number of methoxy groups -OCH3 is 2. The van der Waals surface area contributed by atoms with Gasteiger partial charge < -0.3 is 14.6 Å². The Hall–Kier alpha value is -3.98. The first-order chi connectivity index (χ1) is 16.6. The topological polar surface area (TPSA) is 103 Å². The fourth-order valence-electron chi connectivity index (χ4n) is 3.46. The molecule has 0 fully saturated rings. The molecule has 1 heterocycles. The number of ether oxygens (including phenoxy) is 2. The number of carbonyl (C=O) groups is 1. The van der Waals surface area contributed by atoms with E-state index in [0.29, 0.717) is 12.1 Å². The average Bonchev–Trinajstić information content (AvgIpc) is 3.21. The van der Waals surface area contributed by atoms with Crippen LogP contribution in [-0.4, -0.2) is 37.1 Å². The van der Waals surface area contributed by atoms with Gasteiger partial charge in [-0.15, -0.1) is 0 Å². The minimum atomic E-state index is -0.343. The number of aromatic amines is 1. The number of nitrogens with one attached hydrogen (secondary N) is 2. The molecule has 0 atom stereocenters. The third kappa shape index (κ3) is 5.32. The Labute approximate surface area is 201 Å². The molecule has 0 unspecified atom stereocenters. The number of aromatic nitrogens is 2. The van der Waals surface area contributed by atoms with Crippen LogP contribution in [-0.2, 0) is 11.3 Å². The van der Waals surface area contributed by atoms with Crippen LogP contribution < -0.4 is 24.6 Å². The molecule has 1 amide bonds. The molecule has 0 aliphatic heterocycles. The largest absolute Gasteiger partial charge is 0.867 e. The molecule has 3 aromatic carbocycles. The molecular formula is C25H24N4O4S. The molecule has 174 valence electrons. The number of benzene rings is 3. The van der Waals surface area contributed by atoms with E-state index in [-0.39, 0.29) is 28.9 Å². The van der Waals surface area contributed by atoms with E-state index in [1.54, 1.807) is 0 Å². The number of para-hydroxylation sites is 2.